The van der Waals surface area contributed by atoms with E-state index >= 15 is 0 Å². The van der Waals surface area contributed by atoms with Crippen LogP contribution >= 0.6 is 11.3 Å². The second kappa shape index (κ2) is 7.48. The van der Waals surface area contributed by atoms with Gasteiger partial charge >= 0.3 is 5.97 Å². The number of ketones is 1. The fourth-order valence-electron chi connectivity index (χ4n) is 3.24. The number of thiophene rings is 1. The van der Waals surface area contributed by atoms with Crippen LogP contribution in [0.2, 0.25) is 0 Å². The summed E-state index contributed by atoms with van der Waals surface area (Å²) in [5.74, 6) is 0.117. The van der Waals surface area contributed by atoms with Crippen molar-refractivity contribution < 1.29 is 19.1 Å². The third-order valence-electron chi connectivity index (χ3n) is 4.93. The van der Waals surface area contributed by atoms with E-state index in [1.807, 2.05) is 36.4 Å². The van der Waals surface area contributed by atoms with E-state index in [0.29, 0.717) is 17.0 Å². The molecule has 0 unspecified atom stereocenters. The Labute approximate surface area is 174 Å². The molecule has 0 atom stereocenters. The van der Waals surface area contributed by atoms with Crippen molar-refractivity contribution in [3.63, 3.8) is 0 Å². The molecule has 4 rings (SSSR count). The molecule has 2 aromatic carbocycles. The predicted octanol–water partition coefficient (Wildman–Crippen LogP) is 5.64. The second-order valence-electron chi connectivity index (χ2n) is 8.08. The minimum absolute atomic E-state index is 0.0225. The first-order valence-electron chi connectivity index (χ1n) is 9.49. The number of fused-ring (bicyclic) bond motifs is 3. The summed E-state index contributed by atoms with van der Waals surface area (Å²) < 4.78 is 11.0. The Morgan fingerprint density at radius 1 is 1.07 bits per heavy atom. The lowest BCUT2D eigenvalue weighted by Crippen LogP contribution is -2.15. The molecule has 0 saturated heterocycles. The number of Topliss-reactive ketones (excluding diaryl/α,β-unsaturated/α-hetero) is 1. The van der Waals surface area contributed by atoms with Gasteiger partial charge in [-0.3, -0.25) is 4.79 Å². The Bertz CT molecular complexity index is 1070. The molecule has 2 heterocycles. The fourth-order valence-corrected chi connectivity index (χ4v) is 4.33. The van der Waals surface area contributed by atoms with Crippen molar-refractivity contribution in [2.24, 2.45) is 0 Å². The van der Waals surface area contributed by atoms with E-state index in [1.165, 1.54) is 11.3 Å². The van der Waals surface area contributed by atoms with Gasteiger partial charge in [0.2, 0.25) is 0 Å². The van der Waals surface area contributed by atoms with Gasteiger partial charge in [-0.15, -0.1) is 11.3 Å². The van der Waals surface area contributed by atoms with E-state index in [9.17, 15) is 9.59 Å². The van der Waals surface area contributed by atoms with Gasteiger partial charge in [0.1, 0.15) is 17.2 Å². The highest BCUT2D eigenvalue weighted by molar-refractivity contribution is 7.17. The average molecular weight is 407 g/mol. The third-order valence-corrected chi connectivity index (χ3v) is 6.12. The summed E-state index contributed by atoms with van der Waals surface area (Å²) in [6.45, 7) is 6.51. The number of hydrogen-bond donors (Lipinski definition) is 0. The van der Waals surface area contributed by atoms with Gasteiger partial charge in [0, 0.05) is 21.6 Å². The van der Waals surface area contributed by atoms with Gasteiger partial charge in [-0.25, -0.2) is 4.79 Å². The summed E-state index contributed by atoms with van der Waals surface area (Å²) in [4.78, 5) is 26.4. The fraction of sp³-hybridized carbons (Fsp3) is 0.250. The number of benzene rings is 2. The van der Waals surface area contributed by atoms with Crippen LogP contribution in [-0.2, 0) is 16.8 Å². The number of esters is 1. The van der Waals surface area contributed by atoms with Crippen LogP contribution in [0.5, 0.6) is 5.75 Å². The number of para-hydroxylation sites is 1. The molecule has 3 aromatic rings. The molecule has 0 radical (unpaired) electrons. The van der Waals surface area contributed by atoms with Crippen molar-refractivity contribution in [3.05, 3.63) is 76.2 Å². The first kappa shape index (κ1) is 19.4. The summed E-state index contributed by atoms with van der Waals surface area (Å²) >= 11 is 1.37. The first-order chi connectivity index (χ1) is 13.8. The summed E-state index contributed by atoms with van der Waals surface area (Å²) in [5, 5.41) is 0. The zero-order valence-corrected chi connectivity index (χ0v) is 17.5. The maximum atomic E-state index is 12.5. The lowest BCUT2D eigenvalue weighted by atomic mass is 9.86. The largest absolute Gasteiger partial charge is 0.488 e. The molecule has 0 N–H and O–H groups in total. The molecular formula is C24H22O4S. The standard InChI is InChI=1S/C24H22O4S/c1-24(2,3)17-10-8-15(9-11-17)19(25)14-28-23(26)21-12-16-13-27-20-7-5-4-6-18(20)22(16)29-21/h4-12H,13-14H2,1-3H3. The third kappa shape index (κ3) is 3.96. The minimum atomic E-state index is -0.485. The topological polar surface area (TPSA) is 52.6 Å². The van der Waals surface area contributed by atoms with Crippen LogP contribution in [0.15, 0.2) is 54.6 Å². The van der Waals surface area contributed by atoms with Crippen molar-refractivity contribution in [3.8, 4) is 16.2 Å². The molecule has 0 bridgehead atoms. The van der Waals surface area contributed by atoms with E-state index in [0.717, 1.165) is 27.3 Å². The van der Waals surface area contributed by atoms with Crippen LogP contribution in [-0.4, -0.2) is 18.4 Å². The van der Waals surface area contributed by atoms with Gasteiger partial charge in [0.05, 0.1) is 0 Å². The normalized spacial score (nSPS) is 12.5. The smallest absolute Gasteiger partial charge is 0.348 e. The van der Waals surface area contributed by atoms with Crippen molar-refractivity contribution in [2.45, 2.75) is 32.8 Å². The molecule has 4 nitrogen and oxygen atoms in total. The van der Waals surface area contributed by atoms with Crippen LogP contribution in [0, 0.1) is 0 Å². The van der Waals surface area contributed by atoms with E-state index < -0.39 is 5.97 Å². The SMILES string of the molecule is CC(C)(C)c1ccc(C(=O)COC(=O)c2cc3c(s2)-c2ccccc2OC3)cc1. The number of carbonyl (C=O) groups is 2. The zero-order chi connectivity index (χ0) is 20.6. The first-order valence-corrected chi connectivity index (χ1v) is 10.3. The molecular weight excluding hydrogens is 384 g/mol. The highest BCUT2D eigenvalue weighted by atomic mass is 32.1. The average Bonchev–Trinajstić information content (AvgIpc) is 3.16. The lowest BCUT2D eigenvalue weighted by Gasteiger charge is -2.18. The van der Waals surface area contributed by atoms with Gasteiger partial charge in [0.25, 0.3) is 0 Å². The molecule has 1 aromatic heterocycles. The Balaban J connectivity index is 1.43. The zero-order valence-electron chi connectivity index (χ0n) is 16.7. The Hall–Kier alpha value is -2.92. The molecule has 1 aliphatic heterocycles. The van der Waals surface area contributed by atoms with Crippen LogP contribution in [0.25, 0.3) is 10.4 Å². The number of hydrogen-bond acceptors (Lipinski definition) is 5. The van der Waals surface area contributed by atoms with Gasteiger partial charge in [0.15, 0.2) is 12.4 Å². The summed E-state index contributed by atoms with van der Waals surface area (Å²) in [6.07, 6.45) is 0. The van der Waals surface area contributed by atoms with Gasteiger partial charge in [-0.2, -0.15) is 0 Å². The highest BCUT2D eigenvalue weighted by Gasteiger charge is 2.23. The molecule has 0 saturated carbocycles. The Morgan fingerprint density at radius 3 is 2.52 bits per heavy atom. The molecule has 148 valence electrons. The molecule has 0 spiro atoms. The molecule has 1 aliphatic rings. The number of carbonyl (C=O) groups excluding carboxylic acids is 2. The van der Waals surface area contributed by atoms with Gasteiger partial charge < -0.3 is 9.47 Å². The van der Waals surface area contributed by atoms with E-state index in [-0.39, 0.29) is 17.8 Å². The van der Waals surface area contributed by atoms with Crippen molar-refractivity contribution in [1.82, 2.24) is 0 Å². The summed E-state index contributed by atoms with van der Waals surface area (Å²) in [6, 6.07) is 17.0. The minimum Gasteiger partial charge on any atom is -0.488 e. The van der Waals surface area contributed by atoms with E-state index in [2.05, 4.69) is 20.8 Å². The molecule has 0 fully saturated rings. The molecule has 5 heteroatoms. The van der Waals surface area contributed by atoms with Crippen LogP contribution in [0.3, 0.4) is 0 Å². The maximum Gasteiger partial charge on any atom is 0.348 e. The highest BCUT2D eigenvalue weighted by Crippen LogP contribution is 2.42. The van der Waals surface area contributed by atoms with Crippen molar-refractivity contribution in [1.29, 1.82) is 0 Å². The van der Waals surface area contributed by atoms with E-state index in [4.69, 9.17) is 9.47 Å². The number of ether oxygens (including phenoxy) is 2. The quantitative estimate of drug-likeness (QED) is 0.415. The van der Waals surface area contributed by atoms with Crippen LogP contribution < -0.4 is 4.74 Å². The van der Waals surface area contributed by atoms with Crippen molar-refractivity contribution >= 4 is 23.1 Å². The van der Waals surface area contributed by atoms with Gasteiger partial charge in [-0.1, -0.05) is 57.2 Å². The monoisotopic (exact) mass is 406 g/mol. The summed E-state index contributed by atoms with van der Waals surface area (Å²) in [5.41, 5.74) is 3.66. The van der Waals surface area contributed by atoms with Crippen LogP contribution in [0.1, 0.15) is 51.9 Å². The molecule has 0 amide bonds. The predicted molar refractivity (Wildman–Crippen MR) is 114 cm³/mol. The Kier molecular flexibility index (Phi) is 5.01. The van der Waals surface area contributed by atoms with Crippen molar-refractivity contribution in [2.75, 3.05) is 6.61 Å². The number of rotatable bonds is 4. The second-order valence-corrected chi connectivity index (χ2v) is 9.13. The molecule has 0 aliphatic carbocycles. The lowest BCUT2D eigenvalue weighted by molar-refractivity contribution is 0.0479. The molecule has 29 heavy (non-hydrogen) atoms. The van der Waals surface area contributed by atoms with E-state index in [1.54, 1.807) is 18.2 Å². The Morgan fingerprint density at radius 2 is 1.79 bits per heavy atom. The van der Waals surface area contributed by atoms with Crippen LogP contribution in [0.4, 0.5) is 0 Å². The summed E-state index contributed by atoms with van der Waals surface area (Å²) in [7, 11) is 0. The maximum absolute atomic E-state index is 12.5. The van der Waals surface area contributed by atoms with Gasteiger partial charge in [-0.05, 0) is 29.2 Å².